The Labute approximate surface area is 54.3 Å². The molecule has 3 heteroatoms. The summed E-state index contributed by atoms with van der Waals surface area (Å²) in [5.74, 6) is 0.0833. The van der Waals surface area contributed by atoms with Gasteiger partial charge in [-0.1, -0.05) is 0 Å². The SMILES string of the molecule is CN1CC(C(F)CO)C1. The molecule has 1 N–H and O–H groups in total. The quantitative estimate of drug-likeness (QED) is 0.567. The number of aliphatic hydroxyl groups is 1. The third-order valence-corrected chi connectivity index (χ3v) is 1.78. The average Bonchev–Trinajstić information content (AvgIpc) is 1.79. The van der Waals surface area contributed by atoms with Gasteiger partial charge < -0.3 is 10.0 Å². The third-order valence-electron chi connectivity index (χ3n) is 1.78. The summed E-state index contributed by atoms with van der Waals surface area (Å²) in [6.07, 6.45) is -0.999. The molecule has 0 spiro atoms. The molecular formula is C6H12FNO. The summed E-state index contributed by atoms with van der Waals surface area (Å²) in [5, 5.41) is 8.36. The van der Waals surface area contributed by atoms with Crippen LogP contribution in [0.2, 0.25) is 0 Å². The van der Waals surface area contributed by atoms with Crippen molar-refractivity contribution in [3.8, 4) is 0 Å². The predicted molar refractivity (Wildman–Crippen MR) is 33.0 cm³/mol. The highest BCUT2D eigenvalue weighted by molar-refractivity contribution is 4.82. The maximum Gasteiger partial charge on any atom is 0.128 e. The van der Waals surface area contributed by atoms with Crippen LogP contribution in [-0.2, 0) is 0 Å². The van der Waals surface area contributed by atoms with Crippen LogP contribution in [0.25, 0.3) is 0 Å². The molecule has 0 aromatic rings. The molecule has 1 rings (SSSR count). The van der Waals surface area contributed by atoms with Gasteiger partial charge in [-0.25, -0.2) is 4.39 Å². The molecule has 0 saturated carbocycles. The van der Waals surface area contributed by atoms with E-state index in [2.05, 4.69) is 0 Å². The summed E-state index contributed by atoms with van der Waals surface area (Å²) in [4.78, 5) is 2.03. The van der Waals surface area contributed by atoms with Gasteiger partial charge in [-0.15, -0.1) is 0 Å². The standard InChI is InChI=1S/C6H12FNO/c1-8-2-5(3-8)6(7)4-9/h5-6,9H,2-4H2,1H3. The number of hydrogen-bond acceptors (Lipinski definition) is 2. The number of rotatable bonds is 2. The predicted octanol–water partition coefficient (Wildman–Crippen LogP) is -0.122. The highest BCUT2D eigenvalue weighted by atomic mass is 19.1. The molecule has 0 aliphatic carbocycles. The Kier molecular flexibility index (Phi) is 2.03. The number of halogens is 1. The van der Waals surface area contributed by atoms with Crippen LogP contribution in [0.1, 0.15) is 0 Å². The van der Waals surface area contributed by atoms with Crippen molar-refractivity contribution in [1.82, 2.24) is 4.90 Å². The van der Waals surface area contributed by atoms with E-state index < -0.39 is 6.17 Å². The molecule has 1 heterocycles. The number of aliphatic hydroxyl groups excluding tert-OH is 1. The lowest BCUT2D eigenvalue weighted by Crippen LogP contribution is -2.49. The third kappa shape index (κ3) is 1.40. The second-order valence-corrected chi connectivity index (χ2v) is 2.68. The molecule has 1 saturated heterocycles. The van der Waals surface area contributed by atoms with Crippen LogP contribution in [-0.4, -0.2) is 42.9 Å². The van der Waals surface area contributed by atoms with E-state index >= 15 is 0 Å². The van der Waals surface area contributed by atoms with E-state index in [0.717, 1.165) is 13.1 Å². The van der Waals surface area contributed by atoms with Crippen molar-refractivity contribution in [1.29, 1.82) is 0 Å². The van der Waals surface area contributed by atoms with E-state index in [0.29, 0.717) is 0 Å². The molecule has 0 amide bonds. The molecule has 0 aromatic carbocycles. The Morgan fingerprint density at radius 3 is 2.67 bits per heavy atom. The highest BCUT2D eigenvalue weighted by Gasteiger charge is 2.30. The minimum atomic E-state index is -0.999. The zero-order valence-corrected chi connectivity index (χ0v) is 5.55. The van der Waals surface area contributed by atoms with Crippen LogP contribution in [0, 0.1) is 5.92 Å². The summed E-state index contributed by atoms with van der Waals surface area (Å²) >= 11 is 0. The minimum absolute atomic E-state index is 0.0833. The van der Waals surface area contributed by atoms with Crippen molar-refractivity contribution < 1.29 is 9.50 Å². The fraction of sp³-hybridized carbons (Fsp3) is 1.00. The molecule has 1 aliphatic heterocycles. The van der Waals surface area contributed by atoms with Gasteiger partial charge in [0.25, 0.3) is 0 Å². The first-order valence-corrected chi connectivity index (χ1v) is 3.17. The van der Waals surface area contributed by atoms with Crippen molar-refractivity contribution in [2.24, 2.45) is 5.92 Å². The Bertz CT molecular complexity index is 93.1. The van der Waals surface area contributed by atoms with Crippen molar-refractivity contribution >= 4 is 0 Å². The first-order valence-electron chi connectivity index (χ1n) is 3.17. The zero-order chi connectivity index (χ0) is 6.85. The molecule has 0 aromatic heterocycles. The van der Waals surface area contributed by atoms with Gasteiger partial charge >= 0.3 is 0 Å². The summed E-state index contributed by atoms with van der Waals surface area (Å²) in [5.41, 5.74) is 0. The van der Waals surface area contributed by atoms with Gasteiger partial charge in [0.1, 0.15) is 6.17 Å². The Balaban J connectivity index is 2.15. The van der Waals surface area contributed by atoms with Gasteiger partial charge in [-0.2, -0.15) is 0 Å². The monoisotopic (exact) mass is 133 g/mol. The fourth-order valence-corrected chi connectivity index (χ4v) is 1.13. The van der Waals surface area contributed by atoms with Gasteiger partial charge in [-0.3, -0.25) is 0 Å². The molecular weight excluding hydrogens is 121 g/mol. The molecule has 1 fully saturated rings. The lowest BCUT2D eigenvalue weighted by Gasteiger charge is -2.37. The van der Waals surface area contributed by atoms with E-state index in [1.54, 1.807) is 0 Å². The fourth-order valence-electron chi connectivity index (χ4n) is 1.13. The number of hydrogen-bond donors (Lipinski definition) is 1. The summed E-state index contributed by atoms with van der Waals surface area (Å²) in [6.45, 7) is 1.27. The van der Waals surface area contributed by atoms with Gasteiger partial charge in [0, 0.05) is 19.0 Å². The van der Waals surface area contributed by atoms with Gasteiger partial charge in [0.05, 0.1) is 6.61 Å². The summed E-state index contributed by atoms with van der Waals surface area (Å²) in [6, 6.07) is 0. The van der Waals surface area contributed by atoms with Crippen molar-refractivity contribution in [2.45, 2.75) is 6.17 Å². The van der Waals surface area contributed by atoms with E-state index in [-0.39, 0.29) is 12.5 Å². The first kappa shape index (κ1) is 6.96. The largest absolute Gasteiger partial charge is 0.393 e. The molecule has 1 atom stereocenters. The van der Waals surface area contributed by atoms with Crippen molar-refractivity contribution in [3.05, 3.63) is 0 Å². The smallest absolute Gasteiger partial charge is 0.128 e. The molecule has 1 aliphatic rings. The normalized spacial score (nSPS) is 25.7. The Morgan fingerprint density at radius 1 is 1.78 bits per heavy atom. The number of nitrogens with zero attached hydrogens (tertiary/aromatic N) is 1. The van der Waals surface area contributed by atoms with E-state index in [4.69, 9.17) is 5.11 Å². The van der Waals surface area contributed by atoms with Gasteiger partial charge in [-0.05, 0) is 7.05 Å². The Hall–Kier alpha value is -0.150. The molecule has 1 unspecified atom stereocenters. The van der Waals surface area contributed by atoms with E-state index in [1.165, 1.54) is 0 Å². The molecule has 0 radical (unpaired) electrons. The van der Waals surface area contributed by atoms with Gasteiger partial charge in [0.15, 0.2) is 0 Å². The number of likely N-dealkylation sites (tertiary alicyclic amines) is 1. The molecule has 9 heavy (non-hydrogen) atoms. The highest BCUT2D eigenvalue weighted by Crippen LogP contribution is 2.18. The maximum absolute atomic E-state index is 12.5. The zero-order valence-electron chi connectivity index (χ0n) is 5.55. The second-order valence-electron chi connectivity index (χ2n) is 2.68. The minimum Gasteiger partial charge on any atom is -0.393 e. The van der Waals surface area contributed by atoms with Crippen molar-refractivity contribution in [3.63, 3.8) is 0 Å². The summed E-state index contributed by atoms with van der Waals surface area (Å²) < 4.78 is 12.5. The average molecular weight is 133 g/mol. The van der Waals surface area contributed by atoms with Crippen LogP contribution < -0.4 is 0 Å². The van der Waals surface area contributed by atoms with Crippen LogP contribution >= 0.6 is 0 Å². The van der Waals surface area contributed by atoms with Crippen LogP contribution in [0.3, 0.4) is 0 Å². The van der Waals surface area contributed by atoms with E-state index in [9.17, 15) is 4.39 Å². The lowest BCUT2D eigenvalue weighted by atomic mass is 9.96. The van der Waals surface area contributed by atoms with Crippen LogP contribution in [0.4, 0.5) is 4.39 Å². The van der Waals surface area contributed by atoms with E-state index in [1.807, 2.05) is 11.9 Å². The molecule has 2 nitrogen and oxygen atoms in total. The van der Waals surface area contributed by atoms with Crippen LogP contribution in [0.15, 0.2) is 0 Å². The molecule has 54 valence electrons. The second kappa shape index (κ2) is 2.62. The summed E-state index contributed by atoms with van der Waals surface area (Å²) in [7, 11) is 1.95. The Morgan fingerprint density at radius 2 is 2.33 bits per heavy atom. The van der Waals surface area contributed by atoms with Gasteiger partial charge in [0.2, 0.25) is 0 Å². The van der Waals surface area contributed by atoms with Crippen LogP contribution in [0.5, 0.6) is 0 Å². The number of alkyl halides is 1. The van der Waals surface area contributed by atoms with Crippen molar-refractivity contribution in [2.75, 3.05) is 26.7 Å². The molecule has 0 bridgehead atoms. The first-order chi connectivity index (χ1) is 4.24. The lowest BCUT2D eigenvalue weighted by molar-refractivity contribution is 0.0291. The topological polar surface area (TPSA) is 23.5 Å². The maximum atomic E-state index is 12.5.